The zero-order chi connectivity index (χ0) is 24.0. The van der Waals surface area contributed by atoms with E-state index in [1.807, 2.05) is 9.80 Å². The lowest BCUT2D eigenvalue weighted by Crippen LogP contribution is -2.42. The van der Waals surface area contributed by atoms with E-state index >= 15 is 0 Å². The summed E-state index contributed by atoms with van der Waals surface area (Å²) < 4.78 is 5.41. The normalized spacial score (nSPS) is 34.5. The van der Waals surface area contributed by atoms with E-state index in [1.165, 1.54) is 44.1 Å². The Morgan fingerprint density at radius 1 is 1.09 bits per heavy atom. The highest BCUT2D eigenvalue weighted by Gasteiger charge is 2.54. The number of hydrogen-bond donors (Lipinski definition) is 0. The molecule has 0 spiro atoms. The first-order valence-electron chi connectivity index (χ1n) is 14.3. The zero-order valence-electron chi connectivity index (χ0n) is 21.5. The molecule has 1 aromatic carbocycles. The van der Waals surface area contributed by atoms with Crippen molar-refractivity contribution in [3.05, 3.63) is 29.3 Å². The molecule has 2 saturated heterocycles. The summed E-state index contributed by atoms with van der Waals surface area (Å²) >= 11 is 0. The molecule has 35 heavy (non-hydrogen) atoms. The minimum atomic E-state index is 0.285. The van der Waals surface area contributed by atoms with Gasteiger partial charge in [-0.15, -0.1) is 0 Å². The molecule has 5 heteroatoms. The van der Waals surface area contributed by atoms with Crippen LogP contribution in [0.25, 0.3) is 0 Å². The Labute approximate surface area is 210 Å². The minimum absolute atomic E-state index is 0.285. The number of morpholine rings is 1. The first-order valence-corrected chi connectivity index (χ1v) is 14.3. The molecule has 0 bridgehead atoms. The maximum Gasteiger partial charge on any atom is 0.227 e. The van der Waals surface area contributed by atoms with Gasteiger partial charge in [-0.25, -0.2) is 0 Å². The molecule has 4 fully saturated rings. The summed E-state index contributed by atoms with van der Waals surface area (Å²) in [6.45, 7) is 6.36. The second kappa shape index (κ2) is 9.53. The Bertz CT molecular complexity index is 970. The van der Waals surface area contributed by atoms with Crippen LogP contribution < -0.4 is 4.90 Å². The van der Waals surface area contributed by atoms with Crippen LogP contribution in [-0.2, 0) is 20.7 Å². The molecule has 2 aliphatic heterocycles. The van der Waals surface area contributed by atoms with Gasteiger partial charge in [0.1, 0.15) is 0 Å². The van der Waals surface area contributed by atoms with Crippen molar-refractivity contribution < 1.29 is 14.3 Å². The molecule has 190 valence electrons. The Morgan fingerprint density at radius 3 is 2.71 bits per heavy atom. The van der Waals surface area contributed by atoms with E-state index in [4.69, 9.17) is 4.74 Å². The molecule has 0 unspecified atom stereocenters. The van der Waals surface area contributed by atoms with Crippen molar-refractivity contribution >= 4 is 17.5 Å². The monoisotopic (exact) mass is 478 g/mol. The molecular weight excluding hydrogens is 436 g/mol. The number of ether oxygens (including phenoxy) is 1. The highest BCUT2D eigenvalue weighted by Crippen LogP contribution is 2.63. The zero-order valence-corrected chi connectivity index (χ0v) is 21.5. The average molecular weight is 479 g/mol. The van der Waals surface area contributed by atoms with Crippen LogP contribution in [0.3, 0.4) is 0 Å². The van der Waals surface area contributed by atoms with Gasteiger partial charge in [0.05, 0.1) is 13.2 Å². The smallest absolute Gasteiger partial charge is 0.227 e. The van der Waals surface area contributed by atoms with E-state index in [0.29, 0.717) is 43.3 Å². The first-order chi connectivity index (χ1) is 17.0. The predicted molar refractivity (Wildman–Crippen MR) is 137 cm³/mol. The fourth-order valence-corrected chi connectivity index (χ4v) is 8.70. The molecule has 5 atom stereocenters. The van der Waals surface area contributed by atoms with Crippen LogP contribution in [0.5, 0.6) is 0 Å². The molecule has 0 aromatic heterocycles. The molecule has 0 radical (unpaired) electrons. The number of amides is 2. The number of fused-ring (bicyclic) bond motifs is 5. The van der Waals surface area contributed by atoms with E-state index in [0.717, 1.165) is 62.3 Å². The van der Waals surface area contributed by atoms with E-state index in [9.17, 15) is 9.59 Å². The van der Waals surface area contributed by atoms with Crippen LogP contribution in [0.2, 0.25) is 0 Å². The van der Waals surface area contributed by atoms with Gasteiger partial charge in [0.15, 0.2) is 0 Å². The largest absolute Gasteiger partial charge is 0.378 e. The van der Waals surface area contributed by atoms with Gasteiger partial charge in [-0.1, -0.05) is 13.0 Å². The number of nitrogens with zero attached hydrogens (tertiary/aromatic N) is 2. The lowest BCUT2D eigenvalue weighted by molar-refractivity contribution is -0.135. The maximum absolute atomic E-state index is 12.7. The highest BCUT2D eigenvalue weighted by atomic mass is 16.5. The molecule has 1 aromatic rings. The number of carbonyl (C=O) groups is 2. The summed E-state index contributed by atoms with van der Waals surface area (Å²) in [6.07, 6.45) is 12.4. The fraction of sp³-hybridized carbons (Fsp3) is 0.733. The minimum Gasteiger partial charge on any atom is -0.378 e. The van der Waals surface area contributed by atoms with E-state index < -0.39 is 0 Å². The van der Waals surface area contributed by atoms with Crippen molar-refractivity contribution in [2.45, 2.75) is 83.5 Å². The highest BCUT2D eigenvalue weighted by molar-refractivity contribution is 5.95. The van der Waals surface area contributed by atoms with Crippen molar-refractivity contribution in [1.29, 1.82) is 0 Å². The topological polar surface area (TPSA) is 49.9 Å². The van der Waals surface area contributed by atoms with Crippen LogP contribution in [0.1, 0.15) is 88.2 Å². The standard InChI is InChI=1S/C30H42N2O3/c1-30-13-11-21(4-2-5-27(33)31-16-18-35-19-17-31)29(30)26-9-7-22-20-23(32-15-3-6-28(32)34)8-10-24(22)25(26)12-14-30/h8,10,20-21,25-26,29H,2-7,9,11-19H2,1H3/t21-,25+,26+,29-,30-/m0/s1. The molecule has 6 rings (SSSR count). The van der Waals surface area contributed by atoms with Crippen molar-refractivity contribution in [2.75, 3.05) is 37.7 Å². The molecule has 2 heterocycles. The molecule has 2 saturated carbocycles. The van der Waals surface area contributed by atoms with Gasteiger partial charge in [0.25, 0.3) is 0 Å². The Hall–Kier alpha value is -1.88. The Balaban J connectivity index is 1.14. The lowest BCUT2D eigenvalue weighted by atomic mass is 9.54. The number of rotatable bonds is 5. The van der Waals surface area contributed by atoms with Crippen molar-refractivity contribution in [1.82, 2.24) is 4.90 Å². The number of hydrogen-bond acceptors (Lipinski definition) is 3. The van der Waals surface area contributed by atoms with Crippen LogP contribution in [0.15, 0.2) is 18.2 Å². The second-order valence-electron chi connectivity index (χ2n) is 12.2. The summed E-state index contributed by atoms with van der Waals surface area (Å²) in [5, 5.41) is 0. The van der Waals surface area contributed by atoms with Crippen molar-refractivity contribution in [2.24, 2.45) is 23.2 Å². The fourth-order valence-electron chi connectivity index (χ4n) is 8.70. The summed E-state index contributed by atoms with van der Waals surface area (Å²) in [5.41, 5.74) is 4.68. The van der Waals surface area contributed by atoms with Gasteiger partial charge in [-0.05, 0) is 110 Å². The number of benzene rings is 1. The van der Waals surface area contributed by atoms with Crippen LogP contribution >= 0.6 is 0 Å². The van der Waals surface area contributed by atoms with Crippen LogP contribution in [0, 0.1) is 23.2 Å². The Morgan fingerprint density at radius 2 is 1.91 bits per heavy atom. The van der Waals surface area contributed by atoms with E-state index in [-0.39, 0.29) is 5.91 Å². The third-order valence-corrected chi connectivity index (χ3v) is 10.4. The van der Waals surface area contributed by atoms with E-state index in [2.05, 4.69) is 25.1 Å². The molecule has 0 N–H and O–H groups in total. The number of aryl methyl sites for hydroxylation is 1. The van der Waals surface area contributed by atoms with Gasteiger partial charge >= 0.3 is 0 Å². The summed E-state index contributed by atoms with van der Waals surface area (Å²) in [5.74, 6) is 3.64. The summed E-state index contributed by atoms with van der Waals surface area (Å²) in [4.78, 5) is 29.0. The Kier molecular flexibility index (Phi) is 6.41. The molecule has 2 amide bonds. The summed E-state index contributed by atoms with van der Waals surface area (Å²) in [6, 6.07) is 6.94. The molecule has 5 nitrogen and oxygen atoms in total. The summed E-state index contributed by atoms with van der Waals surface area (Å²) in [7, 11) is 0. The first kappa shape index (κ1) is 23.5. The van der Waals surface area contributed by atoms with E-state index in [1.54, 1.807) is 5.56 Å². The van der Waals surface area contributed by atoms with Crippen molar-refractivity contribution in [3.63, 3.8) is 0 Å². The van der Waals surface area contributed by atoms with Gasteiger partial charge < -0.3 is 14.5 Å². The molecule has 3 aliphatic carbocycles. The predicted octanol–water partition coefficient (Wildman–Crippen LogP) is 5.31. The van der Waals surface area contributed by atoms with Gasteiger partial charge in [0, 0.05) is 38.2 Å². The average Bonchev–Trinajstić information content (AvgIpc) is 3.46. The lowest BCUT2D eigenvalue weighted by Gasteiger charge is -2.51. The van der Waals surface area contributed by atoms with Gasteiger partial charge in [-0.2, -0.15) is 0 Å². The SMILES string of the molecule is C[C@@]12CC[C@H](CCCC(=O)N3CCOCC3)[C@H]1[C@@H]1CCc3cc(N4CCCC4=O)ccc3[C@H]1CC2. The molecular formula is C30H42N2O3. The van der Waals surface area contributed by atoms with Crippen molar-refractivity contribution in [3.8, 4) is 0 Å². The second-order valence-corrected chi connectivity index (χ2v) is 12.2. The number of carbonyl (C=O) groups excluding carboxylic acids is 2. The van der Waals surface area contributed by atoms with Gasteiger partial charge in [-0.3, -0.25) is 9.59 Å². The quantitative estimate of drug-likeness (QED) is 0.576. The number of anilines is 1. The van der Waals surface area contributed by atoms with Crippen LogP contribution in [-0.4, -0.2) is 49.6 Å². The third kappa shape index (κ3) is 4.32. The van der Waals surface area contributed by atoms with Gasteiger partial charge in [0.2, 0.25) is 11.8 Å². The maximum atomic E-state index is 12.7. The third-order valence-electron chi connectivity index (χ3n) is 10.4. The van der Waals surface area contributed by atoms with Crippen LogP contribution in [0.4, 0.5) is 5.69 Å². The molecule has 5 aliphatic rings.